The first-order valence-electron chi connectivity index (χ1n) is 10.6. The number of likely N-dealkylation sites (N-methyl/N-ethyl adjacent to an activating group) is 1. The van der Waals surface area contributed by atoms with Crippen molar-refractivity contribution in [2.24, 2.45) is 0 Å². The number of carbonyl (C=O) groups excluding carboxylic acids is 2. The molecule has 0 radical (unpaired) electrons. The highest BCUT2D eigenvalue weighted by atomic mass is 16.5. The number of benzene rings is 2. The fraction of sp³-hybridized carbons (Fsp3) is 0.391. The van der Waals surface area contributed by atoms with Gasteiger partial charge in [0.05, 0.1) is 25.6 Å². The van der Waals surface area contributed by atoms with E-state index in [9.17, 15) is 14.7 Å². The summed E-state index contributed by atoms with van der Waals surface area (Å²) in [5, 5.41) is 17.4. The van der Waals surface area contributed by atoms with Gasteiger partial charge in [-0.25, -0.2) is 9.69 Å². The summed E-state index contributed by atoms with van der Waals surface area (Å²) in [5.74, 6) is 0.0775. The molecule has 0 saturated carbocycles. The molecule has 0 unspecified atom stereocenters. The molecular weight excluding hydrogens is 412 g/mol. The Morgan fingerprint density at radius 3 is 2.53 bits per heavy atom. The number of rotatable bonds is 9. The fourth-order valence-electron chi connectivity index (χ4n) is 3.80. The molecule has 2 aromatic rings. The van der Waals surface area contributed by atoms with Crippen LogP contribution in [0.5, 0.6) is 11.5 Å². The Morgan fingerprint density at radius 1 is 1.16 bits per heavy atom. The molecule has 0 bridgehead atoms. The van der Waals surface area contributed by atoms with Gasteiger partial charge in [-0.3, -0.25) is 4.79 Å². The maximum absolute atomic E-state index is 13.4. The normalized spacial score (nSPS) is 17.6. The zero-order valence-electron chi connectivity index (χ0n) is 18.8. The molecule has 3 rings (SSSR count). The molecular formula is C23H30N4O5. The summed E-state index contributed by atoms with van der Waals surface area (Å²) >= 11 is 0. The molecule has 2 aromatic carbocycles. The highest BCUT2D eigenvalue weighted by Gasteiger charge is 2.52. The topological polar surface area (TPSA) is 103 Å². The van der Waals surface area contributed by atoms with Gasteiger partial charge in [0.2, 0.25) is 0 Å². The van der Waals surface area contributed by atoms with Crippen molar-refractivity contribution < 1.29 is 24.2 Å². The smallest absolute Gasteiger partial charge is 0.329 e. The SMILES string of the molecule is CCN(CC)CCNC(=O)[C@@]1(O)c2ccccc2NC(=O)N1c1ccc(OC)cc1OC. The van der Waals surface area contributed by atoms with Gasteiger partial charge in [0.15, 0.2) is 0 Å². The Labute approximate surface area is 187 Å². The monoisotopic (exact) mass is 442 g/mol. The van der Waals surface area contributed by atoms with E-state index in [1.165, 1.54) is 14.2 Å². The van der Waals surface area contributed by atoms with Gasteiger partial charge in [-0.05, 0) is 31.3 Å². The van der Waals surface area contributed by atoms with Crippen molar-refractivity contribution in [3.8, 4) is 11.5 Å². The molecule has 0 aliphatic carbocycles. The van der Waals surface area contributed by atoms with E-state index in [0.717, 1.165) is 18.0 Å². The quantitative estimate of drug-likeness (QED) is 0.551. The van der Waals surface area contributed by atoms with Crippen LogP contribution in [0.3, 0.4) is 0 Å². The summed E-state index contributed by atoms with van der Waals surface area (Å²) in [6, 6.07) is 10.8. The van der Waals surface area contributed by atoms with Crippen LogP contribution in [0.25, 0.3) is 0 Å². The van der Waals surface area contributed by atoms with Crippen molar-refractivity contribution in [1.29, 1.82) is 0 Å². The highest BCUT2D eigenvalue weighted by molar-refractivity contribution is 6.12. The molecule has 172 valence electrons. The van der Waals surface area contributed by atoms with E-state index >= 15 is 0 Å². The third kappa shape index (κ3) is 4.21. The van der Waals surface area contributed by atoms with Crippen LogP contribution in [0.4, 0.5) is 16.2 Å². The zero-order valence-corrected chi connectivity index (χ0v) is 18.8. The van der Waals surface area contributed by atoms with Crippen LogP contribution in [0.2, 0.25) is 0 Å². The zero-order chi connectivity index (χ0) is 23.3. The molecule has 1 atom stereocenters. The first kappa shape index (κ1) is 23.4. The van der Waals surface area contributed by atoms with E-state index in [2.05, 4.69) is 15.5 Å². The average molecular weight is 443 g/mol. The molecule has 3 amide bonds. The number of nitrogens with zero attached hydrogens (tertiary/aromatic N) is 2. The Morgan fingerprint density at radius 2 is 1.88 bits per heavy atom. The second-order valence-corrected chi connectivity index (χ2v) is 7.30. The lowest BCUT2D eigenvalue weighted by Crippen LogP contribution is -2.63. The summed E-state index contributed by atoms with van der Waals surface area (Å²) in [6.45, 7) is 6.71. The molecule has 1 aliphatic rings. The lowest BCUT2D eigenvalue weighted by molar-refractivity contribution is -0.140. The Bertz CT molecular complexity index is 979. The minimum Gasteiger partial charge on any atom is -0.497 e. The molecule has 9 heteroatoms. The summed E-state index contributed by atoms with van der Waals surface area (Å²) in [6.07, 6.45) is 0. The third-order valence-corrected chi connectivity index (χ3v) is 5.62. The van der Waals surface area contributed by atoms with Crippen LogP contribution < -0.4 is 25.0 Å². The number of ether oxygens (including phenoxy) is 2. The minimum absolute atomic E-state index is 0.224. The largest absolute Gasteiger partial charge is 0.497 e. The van der Waals surface area contributed by atoms with Crippen LogP contribution in [0, 0.1) is 0 Å². The number of para-hydroxylation sites is 1. The standard InChI is InChI=1S/C23H30N4O5/c1-5-26(6-2)14-13-24-21(28)23(30)17-9-7-8-10-18(17)25-22(29)27(23)19-12-11-16(31-3)15-20(19)32-4/h7-12,15,30H,5-6,13-14H2,1-4H3,(H,24,28)(H,25,29)/t23-/m0/s1. The van der Waals surface area contributed by atoms with Gasteiger partial charge < -0.3 is 30.1 Å². The van der Waals surface area contributed by atoms with Crippen molar-refractivity contribution in [3.05, 3.63) is 48.0 Å². The maximum Gasteiger partial charge on any atom is 0.329 e. The van der Waals surface area contributed by atoms with Crippen LogP contribution in [-0.2, 0) is 10.5 Å². The number of fused-ring (bicyclic) bond motifs is 1. The maximum atomic E-state index is 13.4. The van der Waals surface area contributed by atoms with E-state index < -0.39 is 17.7 Å². The number of aliphatic hydroxyl groups is 1. The fourth-order valence-corrected chi connectivity index (χ4v) is 3.80. The third-order valence-electron chi connectivity index (χ3n) is 5.62. The average Bonchev–Trinajstić information content (AvgIpc) is 2.81. The highest BCUT2D eigenvalue weighted by Crippen LogP contribution is 2.43. The molecule has 0 aromatic heterocycles. The van der Waals surface area contributed by atoms with Crippen molar-refractivity contribution >= 4 is 23.3 Å². The van der Waals surface area contributed by atoms with Crippen molar-refractivity contribution in [1.82, 2.24) is 10.2 Å². The number of hydrogen-bond donors (Lipinski definition) is 3. The molecule has 32 heavy (non-hydrogen) atoms. The van der Waals surface area contributed by atoms with E-state index in [0.29, 0.717) is 24.5 Å². The van der Waals surface area contributed by atoms with Gasteiger partial charge in [0.1, 0.15) is 11.5 Å². The summed E-state index contributed by atoms with van der Waals surface area (Å²) in [5.41, 5.74) is -1.44. The van der Waals surface area contributed by atoms with Gasteiger partial charge in [0.25, 0.3) is 11.6 Å². The number of nitrogens with one attached hydrogen (secondary N) is 2. The van der Waals surface area contributed by atoms with Gasteiger partial charge >= 0.3 is 6.03 Å². The molecule has 0 saturated heterocycles. The van der Waals surface area contributed by atoms with Gasteiger partial charge in [-0.15, -0.1) is 0 Å². The molecule has 0 fully saturated rings. The van der Waals surface area contributed by atoms with Crippen molar-refractivity contribution in [3.63, 3.8) is 0 Å². The first-order chi connectivity index (χ1) is 15.4. The number of hydrogen-bond acceptors (Lipinski definition) is 6. The molecule has 1 heterocycles. The summed E-state index contributed by atoms with van der Waals surface area (Å²) < 4.78 is 10.7. The lowest BCUT2D eigenvalue weighted by Gasteiger charge is -2.43. The summed E-state index contributed by atoms with van der Waals surface area (Å²) in [7, 11) is 2.95. The van der Waals surface area contributed by atoms with E-state index in [1.807, 2.05) is 13.8 Å². The van der Waals surface area contributed by atoms with E-state index in [4.69, 9.17) is 9.47 Å². The molecule has 3 N–H and O–H groups in total. The number of anilines is 2. The molecule has 9 nitrogen and oxygen atoms in total. The predicted molar refractivity (Wildman–Crippen MR) is 122 cm³/mol. The molecule has 0 spiro atoms. The van der Waals surface area contributed by atoms with Gasteiger partial charge in [-0.1, -0.05) is 32.0 Å². The second kappa shape index (κ2) is 9.88. The van der Waals surface area contributed by atoms with Crippen LogP contribution in [-0.4, -0.2) is 62.3 Å². The van der Waals surface area contributed by atoms with E-state index in [-0.39, 0.29) is 17.0 Å². The lowest BCUT2D eigenvalue weighted by atomic mass is 9.94. The van der Waals surface area contributed by atoms with Gasteiger partial charge in [-0.2, -0.15) is 0 Å². The number of methoxy groups -OCH3 is 2. The molecule has 1 aliphatic heterocycles. The van der Waals surface area contributed by atoms with Crippen LogP contribution in [0.1, 0.15) is 19.4 Å². The minimum atomic E-state index is -2.29. The Hall–Kier alpha value is -3.30. The van der Waals surface area contributed by atoms with Crippen molar-refractivity contribution in [2.45, 2.75) is 19.6 Å². The number of amides is 3. The van der Waals surface area contributed by atoms with Crippen LogP contribution in [0.15, 0.2) is 42.5 Å². The van der Waals surface area contributed by atoms with Crippen LogP contribution >= 0.6 is 0 Å². The number of urea groups is 1. The predicted octanol–water partition coefficient (Wildman–Crippen LogP) is 2.36. The first-order valence-corrected chi connectivity index (χ1v) is 10.6. The second-order valence-electron chi connectivity index (χ2n) is 7.30. The van der Waals surface area contributed by atoms with Gasteiger partial charge in [0, 0.05) is 24.7 Å². The van der Waals surface area contributed by atoms with Crippen molar-refractivity contribution in [2.75, 3.05) is 50.6 Å². The Balaban J connectivity index is 2.05. The summed E-state index contributed by atoms with van der Waals surface area (Å²) in [4.78, 5) is 29.7. The number of carbonyl (C=O) groups is 2. The van der Waals surface area contributed by atoms with E-state index in [1.54, 1.807) is 42.5 Å². The Kier molecular flexibility index (Phi) is 7.22.